The van der Waals surface area contributed by atoms with Gasteiger partial charge in [0.25, 0.3) is 0 Å². The lowest BCUT2D eigenvalue weighted by Crippen LogP contribution is -2.24. The first-order chi connectivity index (χ1) is 12.1. The van der Waals surface area contributed by atoms with Crippen LogP contribution in [0.3, 0.4) is 0 Å². The van der Waals surface area contributed by atoms with Gasteiger partial charge in [0.15, 0.2) is 11.5 Å². The Balaban J connectivity index is 1.84. The standard InChI is InChI=1S/C19H12FNO4/c20-13-7-5-11(6-8-13)19-21-14(10-17(22)23)18(25-19)16-9-12-3-1-2-4-15(12)24-16/h1-9H,10H2,(H,22,23)/p-1. The summed E-state index contributed by atoms with van der Waals surface area (Å²) in [6.45, 7) is 0. The fourth-order valence-electron chi connectivity index (χ4n) is 2.61. The van der Waals surface area contributed by atoms with Crippen LogP contribution in [0.4, 0.5) is 4.39 Å². The molecule has 2 aromatic carbocycles. The highest BCUT2D eigenvalue weighted by Gasteiger charge is 2.20. The lowest BCUT2D eigenvalue weighted by molar-refractivity contribution is -0.304. The van der Waals surface area contributed by atoms with Crippen molar-refractivity contribution in [2.45, 2.75) is 6.42 Å². The molecule has 0 unspecified atom stereocenters. The summed E-state index contributed by atoms with van der Waals surface area (Å²) in [5.74, 6) is -0.885. The molecule has 2 heterocycles. The van der Waals surface area contributed by atoms with E-state index in [4.69, 9.17) is 8.83 Å². The monoisotopic (exact) mass is 336 g/mol. The number of fused-ring (bicyclic) bond motifs is 1. The number of para-hydroxylation sites is 1. The summed E-state index contributed by atoms with van der Waals surface area (Å²) in [6.07, 6.45) is -0.420. The van der Waals surface area contributed by atoms with E-state index in [0.29, 0.717) is 16.9 Å². The lowest BCUT2D eigenvalue weighted by Gasteiger charge is -1.98. The van der Waals surface area contributed by atoms with Gasteiger partial charge < -0.3 is 18.7 Å². The molecule has 0 N–H and O–H groups in total. The second-order valence-corrected chi connectivity index (χ2v) is 5.50. The van der Waals surface area contributed by atoms with Crippen LogP contribution in [-0.2, 0) is 11.2 Å². The molecule has 0 saturated carbocycles. The summed E-state index contributed by atoms with van der Waals surface area (Å²) in [7, 11) is 0. The van der Waals surface area contributed by atoms with Gasteiger partial charge in [-0.2, -0.15) is 0 Å². The minimum atomic E-state index is -1.28. The molecule has 0 radical (unpaired) electrons. The Morgan fingerprint density at radius 1 is 1.08 bits per heavy atom. The summed E-state index contributed by atoms with van der Waals surface area (Å²) in [5, 5.41) is 11.9. The number of carbonyl (C=O) groups is 1. The number of furan rings is 1. The van der Waals surface area contributed by atoms with Crippen molar-refractivity contribution in [1.29, 1.82) is 0 Å². The molecule has 4 aromatic rings. The third-order valence-electron chi connectivity index (χ3n) is 3.75. The van der Waals surface area contributed by atoms with Crippen molar-refractivity contribution in [3.05, 3.63) is 66.1 Å². The Hall–Kier alpha value is -3.41. The Bertz CT molecular complexity index is 1030. The van der Waals surface area contributed by atoms with Gasteiger partial charge in [-0.05, 0) is 36.4 Å². The van der Waals surface area contributed by atoms with Gasteiger partial charge in [0.2, 0.25) is 5.89 Å². The maximum Gasteiger partial charge on any atom is 0.227 e. The molecule has 0 amide bonds. The quantitative estimate of drug-likeness (QED) is 0.572. The number of aromatic nitrogens is 1. The molecule has 0 spiro atoms. The van der Waals surface area contributed by atoms with Crippen LogP contribution in [0.5, 0.6) is 0 Å². The maximum absolute atomic E-state index is 13.1. The molecule has 2 aromatic heterocycles. The number of hydrogen-bond donors (Lipinski definition) is 0. The van der Waals surface area contributed by atoms with Gasteiger partial charge in [-0.1, -0.05) is 18.2 Å². The molecule has 0 aliphatic carbocycles. The van der Waals surface area contributed by atoms with Crippen LogP contribution < -0.4 is 5.11 Å². The normalized spacial score (nSPS) is 11.1. The summed E-state index contributed by atoms with van der Waals surface area (Å²) < 4.78 is 24.6. The fourth-order valence-corrected chi connectivity index (χ4v) is 2.61. The number of hydrogen-bond acceptors (Lipinski definition) is 5. The lowest BCUT2D eigenvalue weighted by atomic mass is 10.2. The van der Waals surface area contributed by atoms with Crippen molar-refractivity contribution < 1.29 is 23.1 Å². The van der Waals surface area contributed by atoms with E-state index < -0.39 is 12.4 Å². The Morgan fingerprint density at radius 3 is 2.56 bits per heavy atom. The van der Waals surface area contributed by atoms with Crippen LogP contribution in [0.2, 0.25) is 0 Å². The number of oxazole rings is 1. The van der Waals surface area contributed by atoms with Crippen molar-refractivity contribution >= 4 is 16.9 Å². The van der Waals surface area contributed by atoms with E-state index in [1.165, 1.54) is 24.3 Å². The molecule has 6 heteroatoms. The molecule has 0 fully saturated rings. The number of carboxylic acid groups (broad SMARTS) is 1. The van der Waals surface area contributed by atoms with Gasteiger partial charge in [-0.3, -0.25) is 0 Å². The predicted octanol–water partition coefficient (Wildman–Crippen LogP) is 3.19. The molecule has 5 nitrogen and oxygen atoms in total. The van der Waals surface area contributed by atoms with Crippen molar-refractivity contribution in [2.75, 3.05) is 0 Å². The second-order valence-electron chi connectivity index (χ2n) is 5.50. The number of aliphatic carboxylic acids is 1. The van der Waals surface area contributed by atoms with Gasteiger partial charge in [0, 0.05) is 23.3 Å². The smallest absolute Gasteiger partial charge is 0.227 e. The largest absolute Gasteiger partial charge is 0.550 e. The topological polar surface area (TPSA) is 79.3 Å². The SMILES string of the molecule is O=C([O-])Cc1nc(-c2ccc(F)cc2)oc1-c1cc2ccccc2o1. The molecule has 0 atom stereocenters. The van der Waals surface area contributed by atoms with Gasteiger partial charge in [-0.15, -0.1) is 0 Å². The molecule has 0 bridgehead atoms. The first-order valence-corrected chi connectivity index (χ1v) is 7.54. The van der Waals surface area contributed by atoms with E-state index in [1.807, 2.05) is 18.2 Å². The van der Waals surface area contributed by atoms with E-state index in [-0.39, 0.29) is 23.2 Å². The summed E-state index contributed by atoms with van der Waals surface area (Å²) in [5.41, 5.74) is 1.37. The number of rotatable bonds is 4. The van der Waals surface area contributed by atoms with E-state index >= 15 is 0 Å². The van der Waals surface area contributed by atoms with Crippen molar-refractivity contribution in [2.24, 2.45) is 0 Å². The molecule has 0 aliphatic heterocycles. The van der Waals surface area contributed by atoms with Crippen molar-refractivity contribution in [1.82, 2.24) is 4.98 Å². The molecule has 0 aliphatic rings. The van der Waals surface area contributed by atoms with Crippen molar-refractivity contribution in [3.8, 4) is 23.0 Å². The van der Waals surface area contributed by atoms with E-state index in [0.717, 1.165) is 5.39 Å². The van der Waals surface area contributed by atoms with Crippen LogP contribution in [0.1, 0.15) is 5.69 Å². The zero-order valence-electron chi connectivity index (χ0n) is 12.9. The van der Waals surface area contributed by atoms with Crippen LogP contribution >= 0.6 is 0 Å². The number of carbonyl (C=O) groups excluding carboxylic acids is 1. The molecule has 4 rings (SSSR count). The van der Waals surface area contributed by atoms with Gasteiger partial charge in [0.05, 0.1) is 5.69 Å². The van der Waals surface area contributed by atoms with Gasteiger partial charge >= 0.3 is 0 Å². The zero-order valence-corrected chi connectivity index (χ0v) is 12.9. The van der Waals surface area contributed by atoms with E-state index in [1.54, 1.807) is 12.1 Å². The average molecular weight is 336 g/mol. The molecule has 25 heavy (non-hydrogen) atoms. The van der Waals surface area contributed by atoms with Crippen LogP contribution in [0, 0.1) is 5.82 Å². The van der Waals surface area contributed by atoms with Gasteiger partial charge in [0.1, 0.15) is 11.4 Å². The van der Waals surface area contributed by atoms with Crippen molar-refractivity contribution in [3.63, 3.8) is 0 Å². The predicted molar refractivity (Wildman–Crippen MR) is 85.8 cm³/mol. The third-order valence-corrected chi connectivity index (χ3v) is 3.75. The molecular weight excluding hydrogens is 325 g/mol. The van der Waals surface area contributed by atoms with Crippen LogP contribution in [0.25, 0.3) is 33.9 Å². The minimum Gasteiger partial charge on any atom is -0.550 e. The number of nitrogens with zero attached hydrogens (tertiary/aromatic N) is 1. The molecular formula is C19H11FNO4-. The first kappa shape index (κ1) is 15.1. The summed E-state index contributed by atoms with van der Waals surface area (Å²) in [6, 6.07) is 14.7. The highest BCUT2D eigenvalue weighted by Crippen LogP contribution is 2.33. The zero-order chi connectivity index (χ0) is 17.4. The molecule has 0 saturated heterocycles. The number of benzene rings is 2. The van der Waals surface area contributed by atoms with E-state index in [2.05, 4.69) is 4.98 Å². The van der Waals surface area contributed by atoms with Crippen LogP contribution in [0.15, 0.2) is 63.4 Å². The average Bonchev–Trinajstić information content (AvgIpc) is 3.18. The third kappa shape index (κ3) is 2.89. The highest BCUT2D eigenvalue weighted by atomic mass is 19.1. The summed E-state index contributed by atoms with van der Waals surface area (Å²) >= 11 is 0. The summed E-state index contributed by atoms with van der Waals surface area (Å²) in [4.78, 5) is 15.3. The second kappa shape index (κ2) is 5.90. The minimum absolute atomic E-state index is 0.187. The number of halogens is 1. The Kier molecular flexibility index (Phi) is 3.57. The number of carboxylic acids is 1. The Labute approximate surface area is 141 Å². The first-order valence-electron chi connectivity index (χ1n) is 7.54. The maximum atomic E-state index is 13.1. The van der Waals surface area contributed by atoms with Gasteiger partial charge in [-0.25, -0.2) is 9.37 Å². The molecule has 124 valence electrons. The fraction of sp³-hybridized carbons (Fsp3) is 0.0526. The van der Waals surface area contributed by atoms with Crippen LogP contribution in [-0.4, -0.2) is 11.0 Å². The Morgan fingerprint density at radius 2 is 1.84 bits per heavy atom. The van der Waals surface area contributed by atoms with E-state index in [9.17, 15) is 14.3 Å². The highest BCUT2D eigenvalue weighted by molar-refractivity contribution is 5.83.